The van der Waals surface area contributed by atoms with Gasteiger partial charge >= 0.3 is 6.18 Å². The lowest BCUT2D eigenvalue weighted by molar-refractivity contribution is -0.388. The molecule has 0 heterocycles. The molecular weight excluding hydrogens is 346 g/mol. The standard InChI is InChI=1S/C7H3F3INO2S/c8-7(9,10)6-4(12(13)14)1-3(11)2-5(6)15/h1-2,15H. The van der Waals surface area contributed by atoms with Gasteiger partial charge in [0.05, 0.1) is 4.92 Å². The first-order valence-corrected chi connectivity index (χ1v) is 5.00. The van der Waals surface area contributed by atoms with Crippen LogP contribution in [0, 0.1) is 13.7 Å². The molecule has 1 aromatic carbocycles. The van der Waals surface area contributed by atoms with Crippen molar-refractivity contribution in [2.24, 2.45) is 0 Å². The molecular formula is C7H3F3INO2S. The molecule has 0 N–H and O–H groups in total. The fraction of sp³-hybridized carbons (Fsp3) is 0.143. The number of benzene rings is 1. The number of halogens is 4. The maximum absolute atomic E-state index is 12.4. The van der Waals surface area contributed by atoms with Crippen LogP contribution in [0.2, 0.25) is 0 Å². The maximum atomic E-state index is 12.4. The zero-order valence-corrected chi connectivity index (χ0v) is 9.93. The Morgan fingerprint density at radius 1 is 1.40 bits per heavy atom. The first kappa shape index (κ1) is 12.6. The molecule has 0 saturated heterocycles. The number of alkyl halides is 3. The Kier molecular flexibility index (Phi) is 3.48. The number of nitrogens with zero attached hydrogens (tertiary/aromatic N) is 1. The van der Waals surface area contributed by atoms with E-state index in [4.69, 9.17) is 0 Å². The number of rotatable bonds is 1. The molecule has 0 unspecified atom stereocenters. The van der Waals surface area contributed by atoms with E-state index in [0.29, 0.717) is 3.57 Å². The van der Waals surface area contributed by atoms with E-state index in [9.17, 15) is 23.3 Å². The number of hydrogen-bond acceptors (Lipinski definition) is 3. The van der Waals surface area contributed by atoms with E-state index in [1.54, 1.807) is 22.6 Å². The Bertz CT molecular complexity index is 421. The molecule has 0 bridgehead atoms. The third-order valence-electron chi connectivity index (χ3n) is 1.54. The molecule has 0 aliphatic rings. The van der Waals surface area contributed by atoms with Crippen molar-refractivity contribution in [1.29, 1.82) is 0 Å². The van der Waals surface area contributed by atoms with Gasteiger partial charge in [0.1, 0.15) is 5.56 Å². The van der Waals surface area contributed by atoms with Crippen LogP contribution in [-0.2, 0) is 6.18 Å². The molecule has 82 valence electrons. The smallest absolute Gasteiger partial charge is 0.258 e. The summed E-state index contributed by atoms with van der Waals surface area (Å²) < 4.78 is 37.7. The average molecular weight is 349 g/mol. The van der Waals surface area contributed by atoms with Crippen LogP contribution in [0.1, 0.15) is 5.56 Å². The highest BCUT2D eigenvalue weighted by Crippen LogP contribution is 2.40. The third-order valence-corrected chi connectivity index (χ3v) is 2.52. The molecule has 15 heavy (non-hydrogen) atoms. The normalized spacial score (nSPS) is 11.5. The molecule has 0 spiro atoms. The van der Waals surface area contributed by atoms with Crippen molar-refractivity contribution in [1.82, 2.24) is 0 Å². The third kappa shape index (κ3) is 2.74. The van der Waals surface area contributed by atoms with Gasteiger partial charge in [0.15, 0.2) is 0 Å². The number of thiol groups is 1. The van der Waals surface area contributed by atoms with Crippen molar-refractivity contribution in [2.45, 2.75) is 11.1 Å². The molecule has 3 nitrogen and oxygen atoms in total. The van der Waals surface area contributed by atoms with Gasteiger partial charge in [-0.2, -0.15) is 13.2 Å². The molecule has 0 aromatic heterocycles. The maximum Gasteiger partial charge on any atom is 0.424 e. The summed E-state index contributed by atoms with van der Waals surface area (Å²) in [4.78, 5) is 8.93. The van der Waals surface area contributed by atoms with Crippen LogP contribution in [0.5, 0.6) is 0 Å². The van der Waals surface area contributed by atoms with Gasteiger partial charge in [-0.25, -0.2) is 0 Å². The Hall–Kier alpha value is -0.510. The van der Waals surface area contributed by atoms with E-state index in [1.807, 2.05) is 0 Å². The molecule has 0 amide bonds. The van der Waals surface area contributed by atoms with Gasteiger partial charge in [-0.3, -0.25) is 10.1 Å². The second-order valence-electron chi connectivity index (χ2n) is 2.57. The monoisotopic (exact) mass is 349 g/mol. The quantitative estimate of drug-likeness (QED) is 0.365. The van der Waals surface area contributed by atoms with Crippen molar-refractivity contribution in [3.05, 3.63) is 31.4 Å². The SMILES string of the molecule is O=[N+]([O-])c1cc(I)cc(S)c1C(F)(F)F. The molecule has 8 heteroatoms. The van der Waals surface area contributed by atoms with Gasteiger partial charge in [-0.05, 0) is 28.7 Å². The summed E-state index contributed by atoms with van der Waals surface area (Å²) in [6.07, 6.45) is -4.77. The first-order valence-electron chi connectivity index (χ1n) is 3.47. The van der Waals surface area contributed by atoms with Crippen molar-refractivity contribution in [3.63, 3.8) is 0 Å². The molecule has 0 atom stereocenters. The Labute approximate surface area is 101 Å². The van der Waals surface area contributed by atoms with Crippen LogP contribution in [0.15, 0.2) is 17.0 Å². The number of hydrogen-bond donors (Lipinski definition) is 1. The summed E-state index contributed by atoms with van der Waals surface area (Å²) in [7, 11) is 0. The van der Waals surface area contributed by atoms with Crippen LogP contribution in [-0.4, -0.2) is 4.92 Å². The van der Waals surface area contributed by atoms with Crippen LogP contribution < -0.4 is 0 Å². The van der Waals surface area contributed by atoms with Gasteiger partial charge < -0.3 is 0 Å². The minimum atomic E-state index is -4.77. The summed E-state index contributed by atoms with van der Waals surface area (Å²) in [5, 5.41) is 10.4. The lowest BCUT2D eigenvalue weighted by Crippen LogP contribution is -2.10. The molecule has 1 aromatic rings. The van der Waals surface area contributed by atoms with Crippen molar-refractivity contribution in [3.8, 4) is 0 Å². The molecule has 0 fully saturated rings. The van der Waals surface area contributed by atoms with Gasteiger partial charge in [0.25, 0.3) is 5.69 Å². The highest BCUT2D eigenvalue weighted by Gasteiger charge is 2.40. The second-order valence-corrected chi connectivity index (χ2v) is 4.30. The van der Waals surface area contributed by atoms with Gasteiger partial charge in [-0.15, -0.1) is 12.6 Å². The zero-order valence-electron chi connectivity index (χ0n) is 6.88. The predicted molar refractivity (Wildman–Crippen MR) is 58.1 cm³/mol. The molecule has 0 radical (unpaired) electrons. The fourth-order valence-electron chi connectivity index (χ4n) is 1.01. The van der Waals surface area contributed by atoms with E-state index in [2.05, 4.69) is 12.6 Å². The fourth-order valence-corrected chi connectivity index (χ4v) is 2.25. The molecule has 0 aliphatic heterocycles. The Morgan fingerprint density at radius 2 is 1.93 bits per heavy atom. The lowest BCUT2D eigenvalue weighted by Gasteiger charge is -2.10. The van der Waals surface area contributed by atoms with Crippen LogP contribution in [0.3, 0.4) is 0 Å². The van der Waals surface area contributed by atoms with E-state index in [0.717, 1.165) is 12.1 Å². The van der Waals surface area contributed by atoms with Crippen molar-refractivity contribution in [2.75, 3.05) is 0 Å². The summed E-state index contributed by atoms with van der Waals surface area (Å²) in [6, 6.07) is 1.99. The molecule has 0 saturated carbocycles. The van der Waals surface area contributed by atoms with Crippen LogP contribution >= 0.6 is 35.2 Å². The highest BCUT2D eigenvalue weighted by atomic mass is 127. The van der Waals surface area contributed by atoms with Gasteiger partial charge in [-0.1, -0.05) is 0 Å². The Morgan fingerprint density at radius 3 is 2.33 bits per heavy atom. The van der Waals surface area contributed by atoms with Crippen LogP contribution in [0.4, 0.5) is 18.9 Å². The minimum absolute atomic E-state index is 0.331. The Balaban J connectivity index is 3.55. The number of nitro benzene ring substituents is 1. The van der Waals surface area contributed by atoms with E-state index < -0.39 is 27.2 Å². The van der Waals surface area contributed by atoms with E-state index in [1.165, 1.54) is 0 Å². The zero-order chi connectivity index (χ0) is 11.8. The second kappa shape index (κ2) is 4.16. The highest BCUT2D eigenvalue weighted by molar-refractivity contribution is 14.1. The van der Waals surface area contributed by atoms with E-state index in [-0.39, 0.29) is 0 Å². The van der Waals surface area contributed by atoms with Crippen LogP contribution in [0.25, 0.3) is 0 Å². The first-order chi connectivity index (χ1) is 6.73. The molecule has 1 rings (SSSR count). The molecule has 0 aliphatic carbocycles. The summed E-state index contributed by atoms with van der Waals surface area (Å²) >= 11 is 5.28. The summed E-state index contributed by atoms with van der Waals surface area (Å²) in [5.41, 5.74) is -2.28. The van der Waals surface area contributed by atoms with Crippen molar-refractivity contribution >= 4 is 40.9 Å². The van der Waals surface area contributed by atoms with Gasteiger partial charge in [0.2, 0.25) is 0 Å². The van der Waals surface area contributed by atoms with Crippen molar-refractivity contribution < 1.29 is 18.1 Å². The van der Waals surface area contributed by atoms with E-state index >= 15 is 0 Å². The minimum Gasteiger partial charge on any atom is -0.258 e. The topological polar surface area (TPSA) is 43.1 Å². The number of nitro groups is 1. The summed E-state index contributed by atoms with van der Waals surface area (Å²) in [5.74, 6) is 0. The largest absolute Gasteiger partial charge is 0.424 e. The predicted octanol–water partition coefficient (Wildman–Crippen LogP) is 3.51. The lowest BCUT2D eigenvalue weighted by atomic mass is 10.2. The average Bonchev–Trinajstić information content (AvgIpc) is 1.99. The summed E-state index contributed by atoms with van der Waals surface area (Å²) in [6.45, 7) is 0. The van der Waals surface area contributed by atoms with Gasteiger partial charge in [0, 0.05) is 14.5 Å².